The van der Waals surface area contributed by atoms with E-state index in [-0.39, 0.29) is 16.5 Å². The maximum absolute atomic E-state index is 11.1. The van der Waals surface area contributed by atoms with Crippen LogP contribution in [-0.4, -0.2) is 26.4 Å². The summed E-state index contributed by atoms with van der Waals surface area (Å²) in [4.78, 5) is 11.1. The maximum atomic E-state index is 11.1. The van der Waals surface area contributed by atoms with Crippen molar-refractivity contribution in [2.45, 2.75) is 0 Å². The average Bonchev–Trinajstić information content (AvgIpc) is 2.28. The molecule has 6 heteroatoms. The molecule has 0 fully saturated rings. The third-order valence-corrected chi connectivity index (χ3v) is 2.44. The van der Waals surface area contributed by atoms with Gasteiger partial charge in [0.25, 0.3) is 0 Å². The molecule has 86 valence electrons. The summed E-state index contributed by atoms with van der Waals surface area (Å²) in [6.45, 7) is 0. The Morgan fingerprint density at radius 3 is 2.76 bits per heavy atom. The summed E-state index contributed by atoms with van der Waals surface area (Å²) < 4.78 is 0. The molecule has 0 saturated carbocycles. The molecule has 1 aromatic heterocycles. The quantitative estimate of drug-likeness (QED) is 0.854. The number of halogens is 1. The Morgan fingerprint density at radius 2 is 2.12 bits per heavy atom. The van der Waals surface area contributed by atoms with Crippen LogP contribution in [-0.2, 0) is 0 Å². The number of aromatic hydroxyl groups is 1. The summed E-state index contributed by atoms with van der Waals surface area (Å²) in [5.74, 6) is -1.16. The smallest absolute Gasteiger partial charge is 0.339 e. The molecular weight excluding hydrogens is 244 g/mol. The van der Waals surface area contributed by atoms with Crippen molar-refractivity contribution in [1.29, 1.82) is 0 Å². The fourth-order valence-electron chi connectivity index (χ4n) is 1.46. The molecule has 2 rings (SSSR count). The molecule has 17 heavy (non-hydrogen) atoms. The molecule has 0 amide bonds. The molecule has 0 aliphatic rings. The second kappa shape index (κ2) is 4.39. The number of carboxylic acid groups (broad SMARTS) is 1. The number of hydrogen-bond acceptors (Lipinski definition) is 4. The largest absolute Gasteiger partial charge is 0.508 e. The van der Waals surface area contributed by atoms with Gasteiger partial charge in [0.15, 0.2) is 5.15 Å². The highest BCUT2D eigenvalue weighted by Gasteiger charge is 2.17. The summed E-state index contributed by atoms with van der Waals surface area (Å²) in [5.41, 5.74) is 0.694. The number of phenols is 1. The SMILES string of the molecule is O=C(O)c1c(-c2cccc(O)c2)cnnc1Cl. The van der Waals surface area contributed by atoms with Crippen LogP contribution in [0, 0.1) is 0 Å². The lowest BCUT2D eigenvalue weighted by Crippen LogP contribution is -2.03. The predicted octanol–water partition coefficient (Wildman–Crippen LogP) is 2.20. The van der Waals surface area contributed by atoms with Gasteiger partial charge in [0, 0.05) is 5.56 Å². The van der Waals surface area contributed by atoms with E-state index in [0.717, 1.165) is 0 Å². The van der Waals surface area contributed by atoms with E-state index in [1.165, 1.54) is 18.3 Å². The Morgan fingerprint density at radius 1 is 1.35 bits per heavy atom. The lowest BCUT2D eigenvalue weighted by Gasteiger charge is -2.06. The lowest BCUT2D eigenvalue weighted by atomic mass is 10.0. The zero-order chi connectivity index (χ0) is 12.4. The highest BCUT2D eigenvalue weighted by atomic mass is 35.5. The zero-order valence-corrected chi connectivity index (χ0v) is 9.22. The van der Waals surface area contributed by atoms with Crippen molar-refractivity contribution in [3.05, 3.63) is 41.2 Å². The van der Waals surface area contributed by atoms with Gasteiger partial charge in [0.05, 0.1) is 6.20 Å². The van der Waals surface area contributed by atoms with Gasteiger partial charge in [-0.05, 0) is 17.7 Å². The summed E-state index contributed by atoms with van der Waals surface area (Å²) in [6.07, 6.45) is 1.30. The van der Waals surface area contributed by atoms with E-state index in [0.29, 0.717) is 11.1 Å². The van der Waals surface area contributed by atoms with E-state index in [1.54, 1.807) is 12.1 Å². The number of benzene rings is 1. The van der Waals surface area contributed by atoms with Crippen LogP contribution in [0.3, 0.4) is 0 Å². The minimum atomic E-state index is -1.19. The monoisotopic (exact) mass is 250 g/mol. The van der Waals surface area contributed by atoms with Crippen LogP contribution in [0.25, 0.3) is 11.1 Å². The maximum Gasteiger partial charge on any atom is 0.339 e. The van der Waals surface area contributed by atoms with Crippen LogP contribution in [0.5, 0.6) is 5.75 Å². The third kappa shape index (κ3) is 2.19. The molecule has 2 aromatic rings. The van der Waals surface area contributed by atoms with Crippen molar-refractivity contribution in [1.82, 2.24) is 10.2 Å². The molecule has 0 aliphatic carbocycles. The number of aromatic nitrogens is 2. The number of carboxylic acids is 1. The molecule has 0 bridgehead atoms. The van der Waals surface area contributed by atoms with Gasteiger partial charge in [-0.25, -0.2) is 4.79 Å². The first kappa shape index (κ1) is 11.3. The standard InChI is InChI=1S/C11H7ClN2O3/c12-10-9(11(16)17)8(5-13-14-10)6-2-1-3-7(15)4-6/h1-5,15H,(H,16,17). The topological polar surface area (TPSA) is 83.3 Å². The number of rotatable bonds is 2. The first-order valence-corrected chi connectivity index (χ1v) is 5.01. The van der Waals surface area contributed by atoms with Gasteiger partial charge < -0.3 is 10.2 Å². The van der Waals surface area contributed by atoms with Crippen molar-refractivity contribution < 1.29 is 15.0 Å². The van der Waals surface area contributed by atoms with Crippen molar-refractivity contribution >= 4 is 17.6 Å². The van der Waals surface area contributed by atoms with E-state index in [2.05, 4.69) is 10.2 Å². The fourth-order valence-corrected chi connectivity index (χ4v) is 1.69. The van der Waals surface area contributed by atoms with Crippen LogP contribution < -0.4 is 0 Å². The first-order chi connectivity index (χ1) is 8.09. The Labute approximate surface area is 101 Å². The lowest BCUT2D eigenvalue weighted by molar-refractivity contribution is 0.0697. The van der Waals surface area contributed by atoms with Gasteiger partial charge in [-0.15, -0.1) is 5.10 Å². The molecule has 2 N–H and O–H groups in total. The normalized spacial score (nSPS) is 10.2. The number of phenolic OH excluding ortho intramolecular Hbond substituents is 1. The van der Waals surface area contributed by atoms with Gasteiger partial charge in [-0.2, -0.15) is 5.10 Å². The molecule has 5 nitrogen and oxygen atoms in total. The van der Waals surface area contributed by atoms with Gasteiger partial charge in [0.2, 0.25) is 0 Å². The van der Waals surface area contributed by atoms with Gasteiger partial charge in [0.1, 0.15) is 11.3 Å². The highest BCUT2D eigenvalue weighted by molar-refractivity contribution is 6.33. The summed E-state index contributed by atoms with van der Waals surface area (Å²) in [5, 5.41) is 25.3. The van der Waals surface area contributed by atoms with Crippen LogP contribution in [0.4, 0.5) is 0 Å². The van der Waals surface area contributed by atoms with E-state index >= 15 is 0 Å². The molecule has 1 heterocycles. The predicted molar refractivity (Wildman–Crippen MR) is 61.1 cm³/mol. The van der Waals surface area contributed by atoms with Crippen molar-refractivity contribution in [2.24, 2.45) is 0 Å². The Hall–Kier alpha value is -2.14. The van der Waals surface area contributed by atoms with Crippen molar-refractivity contribution in [3.63, 3.8) is 0 Å². The molecule has 0 atom stereocenters. The first-order valence-electron chi connectivity index (χ1n) is 4.63. The fraction of sp³-hybridized carbons (Fsp3) is 0. The number of hydrogen-bond donors (Lipinski definition) is 2. The molecular formula is C11H7ClN2O3. The third-order valence-electron chi connectivity index (χ3n) is 2.18. The second-order valence-electron chi connectivity index (χ2n) is 3.28. The molecule has 1 aromatic carbocycles. The van der Waals surface area contributed by atoms with Crippen LogP contribution in [0.15, 0.2) is 30.5 Å². The Bertz CT molecular complexity index is 587. The summed E-state index contributed by atoms with van der Waals surface area (Å²) in [7, 11) is 0. The van der Waals surface area contributed by atoms with Crippen LogP contribution in [0.1, 0.15) is 10.4 Å². The molecule has 0 unspecified atom stereocenters. The van der Waals surface area contributed by atoms with Crippen LogP contribution in [0.2, 0.25) is 5.15 Å². The van der Waals surface area contributed by atoms with Gasteiger partial charge in [-0.1, -0.05) is 23.7 Å². The van der Waals surface area contributed by atoms with E-state index in [4.69, 9.17) is 16.7 Å². The number of nitrogens with zero attached hydrogens (tertiary/aromatic N) is 2. The number of carbonyl (C=O) groups is 1. The summed E-state index contributed by atoms with van der Waals surface area (Å²) >= 11 is 5.70. The number of aromatic carboxylic acids is 1. The zero-order valence-electron chi connectivity index (χ0n) is 8.46. The van der Waals surface area contributed by atoms with Gasteiger partial charge >= 0.3 is 5.97 Å². The minimum Gasteiger partial charge on any atom is -0.508 e. The molecule has 0 radical (unpaired) electrons. The highest BCUT2D eigenvalue weighted by Crippen LogP contribution is 2.28. The minimum absolute atomic E-state index is 0.0340. The van der Waals surface area contributed by atoms with Gasteiger partial charge in [-0.3, -0.25) is 0 Å². The Balaban J connectivity index is 2.67. The second-order valence-corrected chi connectivity index (χ2v) is 3.64. The summed E-state index contributed by atoms with van der Waals surface area (Å²) in [6, 6.07) is 6.17. The van der Waals surface area contributed by atoms with Crippen molar-refractivity contribution in [3.8, 4) is 16.9 Å². The average molecular weight is 251 g/mol. The van der Waals surface area contributed by atoms with E-state index in [1.807, 2.05) is 0 Å². The Kier molecular flexibility index (Phi) is 2.93. The van der Waals surface area contributed by atoms with E-state index < -0.39 is 5.97 Å². The molecule has 0 saturated heterocycles. The van der Waals surface area contributed by atoms with Crippen LogP contribution >= 0.6 is 11.6 Å². The van der Waals surface area contributed by atoms with E-state index in [9.17, 15) is 9.90 Å². The van der Waals surface area contributed by atoms with Crippen molar-refractivity contribution in [2.75, 3.05) is 0 Å². The molecule has 0 spiro atoms. The molecule has 0 aliphatic heterocycles.